The topological polar surface area (TPSA) is 71.8 Å². The average Bonchev–Trinajstić information content (AvgIpc) is 3.23. The Hall–Kier alpha value is -1.96. The van der Waals surface area contributed by atoms with Gasteiger partial charge in [0.15, 0.2) is 0 Å². The van der Waals surface area contributed by atoms with Gasteiger partial charge in [-0.3, -0.25) is 0 Å². The second-order valence-corrected chi connectivity index (χ2v) is 8.39. The van der Waals surface area contributed by atoms with Crippen LogP contribution in [0.1, 0.15) is 35.6 Å². The summed E-state index contributed by atoms with van der Waals surface area (Å²) in [6.45, 7) is -0.0938. The lowest BCUT2D eigenvalue weighted by Crippen LogP contribution is -2.33. The van der Waals surface area contributed by atoms with Crippen molar-refractivity contribution in [3.63, 3.8) is 0 Å². The van der Waals surface area contributed by atoms with Gasteiger partial charge in [0.05, 0.1) is 24.9 Å². The molecule has 0 aliphatic carbocycles. The first kappa shape index (κ1) is 20.3. The Morgan fingerprint density at radius 3 is 2.72 bits per heavy atom. The molecule has 5 nitrogen and oxygen atoms in total. The van der Waals surface area contributed by atoms with Gasteiger partial charge in [0.1, 0.15) is 5.75 Å². The van der Waals surface area contributed by atoms with Gasteiger partial charge in [-0.15, -0.1) is 0 Å². The van der Waals surface area contributed by atoms with Crippen molar-refractivity contribution in [2.45, 2.75) is 37.6 Å². The van der Waals surface area contributed by atoms with Crippen LogP contribution in [-0.2, 0) is 11.2 Å². The largest absolute Gasteiger partial charge is 0.431 e. The molecular weight excluding hydrogens is 410 g/mol. The van der Waals surface area contributed by atoms with Crippen molar-refractivity contribution in [1.29, 1.82) is 0 Å². The fourth-order valence-electron chi connectivity index (χ4n) is 3.51. The summed E-state index contributed by atoms with van der Waals surface area (Å²) in [4.78, 5) is 4.12. The Labute approximate surface area is 178 Å². The molecule has 0 bridgehead atoms. The van der Waals surface area contributed by atoms with Gasteiger partial charge >= 0.3 is 0 Å². The molecule has 1 aliphatic heterocycles. The third kappa shape index (κ3) is 5.15. The lowest BCUT2D eigenvalue weighted by Gasteiger charge is -2.32. The van der Waals surface area contributed by atoms with Gasteiger partial charge < -0.3 is 19.7 Å². The van der Waals surface area contributed by atoms with Crippen LogP contribution < -0.4 is 4.74 Å². The summed E-state index contributed by atoms with van der Waals surface area (Å²) in [5.41, 5.74) is 3.06. The summed E-state index contributed by atoms with van der Waals surface area (Å²) < 4.78 is 11.6. The van der Waals surface area contributed by atoms with E-state index in [1.807, 2.05) is 47.8 Å². The molecule has 1 aliphatic rings. The summed E-state index contributed by atoms with van der Waals surface area (Å²) in [5.74, 6) is 0.739. The molecule has 0 amide bonds. The number of nitrogens with zero attached hydrogens (tertiary/aromatic N) is 1. The molecule has 1 unspecified atom stereocenters. The van der Waals surface area contributed by atoms with E-state index in [2.05, 4.69) is 4.98 Å². The molecular formula is C22H22ClNO4S. The van der Waals surface area contributed by atoms with Crippen LogP contribution in [0.2, 0.25) is 5.02 Å². The third-order valence-corrected chi connectivity index (χ3v) is 5.97. The zero-order valence-corrected chi connectivity index (χ0v) is 17.3. The second kappa shape index (κ2) is 9.24. The molecule has 1 saturated heterocycles. The summed E-state index contributed by atoms with van der Waals surface area (Å²) in [7, 11) is 0. The maximum Gasteiger partial charge on any atom is 0.278 e. The molecule has 2 heterocycles. The van der Waals surface area contributed by atoms with Gasteiger partial charge in [-0.05, 0) is 41.3 Å². The van der Waals surface area contributed by atoms with Gasteiger partial charge in [0.25, 0.3) is 5.19 Å². The first-order valence-corrected chi connectivity index (χ1v) is 10.8. The molecule has 4 rings (SSSR count). The molecule has 3 atom stereocenters. The Kier molecular flexibility index (Phi) is 6.47. The van der Waals surface area contributed by atoms with Crippen molar-refractivity contribution in [2.75, 3.05) is 6.61 Å². The number of aliphatic hydroxyl groups is 2. The number of rotatable bonds is 6. The number of benzene rings is 2. The van der Waals surface area contributed by atoms with Crippen molar-refractivity contribution in [2.24, 2.45) is 0 Å². The summed E-state index contributed by atoms with van der Waals surface area (Å²) in [6, 6.07) is 13.7. The standard InChI is InChI=1S/C22H22ClNO4S/c23-20-6-3-15(21-12-17(26)11-19(13-25)27-21)10-16(20)9-14-1-4-18(5-2-14)28-22-24-7-8-29-22/h1-8,10,17,19,21,25-26H,9,11-13H2/t17?,19-,21+/m0/s1. The lowest BCUT2D eigenvalue weighted by atomic mass is 9.94. The van der Waals surface area contributed by atoms with Gasteiger partial charge in [0, 0.05) is 29.4 Å². The Balaban J connectivity index is 1.48. The van der Waals surface area contributed by atoms with Gasteiger partial charge in [-0.25, -0.2) is 4.98 Å². The minimum absolute atomic E-state index is 0.0938. The maximum atomic E-state index is 10.1. The predicted octanol–water partition coefficient (Wildman–Crippen LogP) is 4.75. The van der Waals surface area contributed by atoms with Crippen molar-refractivity contribution in [1.82, 2.24) is 4.98 Å². The van der Waals surface area contributed by atoms with Crippen LogP contribution in [0.25, 0.3) is 0 Å². The number of halogens is 1. The first-order chi connectivity index (χ1) is 14.1. The molecule has 7 heteroatoms. The predicted molar refractivity (Wildman–Crippen MR) is 113 cm³/mol. The quantitative estimate of drug-likeness (QED) is 0.589. The monoisotopic (exact) mass is 431 g/mol. The summed E-state index contributed by atoms with van der Waals surface area (Å²) in [5, 5.41) is 22.7. The van der Waals surface area contributed by atoms with Crippen LogP contribution in [0.15, 0.2) is 54.0 Å². The fourth-order valence-corrected chi connectivity index (χ4v) is 4.20. The molecule has 0 spiro atoms. The van der Waals surface area contributed by atoms with E-state index in [0.717, 1.165) is 22.4 Å². The molecule has 29 heavy (non-hydrogen) atoms. The van der Waals surface area contributed by atoms with Crippen molar-refractivity contribution in [3.8, 4) is 10.9 Å². The molecule has 3 aromatic rings. The number of hydrogen-bond donors (Lipinski definition) is 2. The highest BCUT2D eigenvalue weighted by molar-refractivity contribution is 7.11. The number of ether oxygens (including phenoxy) is 2. The van der Waals surface area contributed by atoms with E-state index < -0.39 is 6.10 Å². The van der Waals surface area contributed by atoms with Gasteiger partial charge in [-0.2, -0.15) is 0 Å². The molecule has 152 valence electrons. The van der Waals surface area contributed by atoms with Crippen LogP contribution in [0.3, 0.4) is 0 Å². The maximum absolute atomic E-state index is 10.1. The zero-order chi connectivity index (χ0) is 20.2. The van der Waals surface area contributed by atoms with Crippen molar-refractivity contribution >= 4 is 22.9 Å². The normalized spacial score (nSPS) is 21.8. The highest BCUT2D eigenvalue weighted by Crippen LogP contribution is 2.34. The fraction of sp³-hybridized carbons (Fsp3) is 0.318. The molecule has 0 saturated carbocycles. The van der Waals surface area contributed by atoms with Crippen molar-refractivity contribution < 1.29 is 19.7 Å². The van der Waals surface area contributed by atoms with E-state index in [1.165, 1.54) is 11.3 Å². The minimum Gasteiger partial charge on any atom is -0.431 e. The second-order valence-electron chi connectivity index (χ2n) is 7.13. The van der Waals surface area contributed by atoms with Crippen LogP contribution in [-0.4, -0.2) is 34.0 Å². The average molecular weight is 432 g/mol. The number of aromatic nitrogens is 1. The smallest absolute Gasteiger partial charge is 0.278 e. The van der Waals surface area contributed by atoms with E-state index in [1.54, 1.807) is 6.20 Å². The first-order valence-electron chi connectivity index (χ1n) is 9.49. The van der Waals surface area contributed by atoms with Crippen LogP contribution in [0, 0.1) is 0 Å². The minimum atomic E-state index is -0.476. The third-order valence-electron chi connectivity index (χ3n) is 4.96. The van der Waals surface area contributed by atoms with Crippen LogP contribution >= 0.6 is 22.9 Å². The lowest BCUT2D eigenvalue weighted by molar-refractivity contribution is -0.113. The van der Waals surface area contributed by atoms with Crippen molar-refractivity contribution in [3.05, 3.63) is 75.8 Å². The number of aliphatic hydroxyl groups excluding tert-OH is 2. The molecule has 0 radical (unpaired) electrons. The van der Waals surface area contributed by atoms with E-state index in [9.17, 15) is 10.2 Å². The van der Waals surface area contributed by atoms with E-state index in [4.69, 9.17) is 21.1 Å². The summed E-state index contributed by atoms with van der Waals surface area (Å²) >= 11 is 7.88. The molecule has 2 aromatic carbocycles. The van der Waals surface area contributed by atoms with Crippen LogP contribution in [0.4, 0.5) is 0 Å². The number of hydrogen-bond acceptors (Lipinski definition) is 6. The number of thiazole rings is 1. The van der Waals surface area contributed by atoms with E-state index in [-0.39, 0.29) is 18.8 Å². The zero-order valence-electron chi connectivity index (χ0n) is 15.7. The molecule has 1 fully saturated rings. The molecule has 2 N–H and O–H groups in total. The highest BCUT2D eigenvalue weighted by atomic mass is 35.5. The Morgan fingerprint density at radius 2 is 2.00 bits per heavy atom. The van der Waals surface area contributed by atoms with E-state index in [0.29, 0.717) is 29.5 Å². The summed E-state index contributed by atoms with van der Waals surface area (Å²) in [6.07, 6.45) is 2.29. The van der Waals surface area contributed by atoms with Gasteiger partial charge in [0.2, 0.25) is 0 Å². The van der Waals surface area contributed by atoms with E-state index >= 15 is 0 Å². The molecule has 1 aromatic heterocycles. The SMILES string of the molecule is OC[C@@H]1CC(O)C[C@H](c2ccc(Cl)c(Cc3ccc(Oc4nccs4)cc3)c2)O1. The Morgan fingerprint density at radius 1 is 1.17 bits per heavy atom. The van der Waals surface area contributed by atoms with Crippen LogP contribution in [0.5, 0.6) is 10.9 Å². The highest BCUT2D eigenvalue weighted by Gasteiger charge is 2.29. The van der Waals surface area contributed by atoms with Gasteiger partial charge in [-0.1, -0.05) is 47.2 Å². The Bertz CT molecular complexity index is 932.